The Morgan fingerprint density at radius 3 is 2.85 bits per heavy atom. The maximum atomic E-state index is 12.3. The van der Waals surface area contributed by atoms with Gasteiger partial charge in [-0.1, -0.05) is 0 Å². The summed E-state index contributed by atoms with van der Waals surface area (Å²) in [5.41, 5.74) is -0.473. The van der Waals surface area contributed by atoms with Crippen LogP contribution >= 0.6 is 24.0 Å². The monoisotopic (exact) mass is 492 g/mol. The number of nitrogens with one attached hydrogen (secondary N) is 2. The molecule has 1 aromatic rings. The van der Waals surface area contributed by atoms with Gasteiger partial charge in [-0.2, -0.15) is 0 Å². The molecule has 1 aliphatic heterocycles. The van der Waals surface area contributed by atoms with E-state index >= 15 is 0 Å². The van der Waals surface area contributed by atoms with E-state index in [9.17, 15) is 4.79 Å². The van der Waals surface area contributed by atoms with Crippen LogP contribution in [0.25, 0.3) is 0 Å². The SMILES string of the molecule is CCNC(=NCCc1ccco1)NC1CCCN(C(=O)OC(C)(C)C)C1.I. The first-order chi connectivity index (χ1) is 12.4. The smallest absolute Gasteiger partial charge is 0.410 e. The summed E-state index contributed by atoms with van der Waals surface area (Å²) in [5, 5.41) is 6.71. The Morgan fingerprint density at radius 2 is 2.22 bits per heavy atom. The lowest BCUT2D eigenvalue weighted by Gasteiger charge is -2.35. The van der Waals surface area contributed by atoms with E-state index in [1.807, 2.05) is 39.8 Å². The quantitative estimate of drug-likeness (QED) is 0.374. The lowest BCUT2D eigenvalue weighted by atomic mass is 10.1. The van der Waals surface area contributed by atoms with Gasteiger partial charge in [0.05, 0.1) is 6.26 Å². The Labute approximate surface area is 179 Å². The molecular weight excluding hydrogens is 459 g/mol. The summed E-state index contributed by atoms with van der Waals surface area (Å²) < 4.78 is 10.8. The second kappa shape index (κ2) is 11.4. The van der Waals surface area contributed by atoms with Crippen LogP contribution in [0.2, 0.25) is 0 Å². The number of nitrogens with zero attached hydrogens (tertiary/aromatic N) is 2. The third-order valence-corrected chi connectivity index (χ3v) is 3.97. The van der Waals surface area contributed by atoms with E-state index in [0.29, 0.717) is 13.1 Å². The van der Waals surface area contributed by atoms with Gasteiger partial charge in [0.15, 0.2) is 5.96 Å². The number of ether oxygens (including phenoxy) is 1. The average molecular weight is 492 g/mol. The number of halogens is 1. The van der Waals surface area contributed by atoms with Crippen LogP contribution in [0, 0.1) is 0 Å². The third kappa shape index (κ3) is 8.85. The number of carbonyl (C=O) groups excluding carboxylic acids is 1. The van der Waals surface area contributed by atoms with Crippen LogP contribution in [0.4, 0.5) is 4.79 Å². The zero-order valence-electron chi connectivity index (χ0n) is 16.8. The maximum Gasteiger partial charge on any atom is 0.410 e. The van der Waals surface area contributed by atoms with E-state index in [4.69, 9.17) is 9.15 Å². The molecule has 0 aliphatic carbocycles. The van der Waals surface area contributed by atoms with Crippen LogP contribution in [0.15, 0.2) is 27.8 Å². The highest BCUT2D eigenvalue weighted by atomic mass is 127. The van der Waals surface area contributed by atoms with Crippen molar-refractivity contribution in [2.45, 2.75) is 58.6 Å². The lowest BCUT2D eigenvalue weighted by molar-refractivity contribution is 0.0193. The number of guanidine groups is 1. The number of hydrogen-bond donors (Lipinski definition) is 2. The van der Waals surface area contributed by atoms with E-state index in [0.717, 1.165) is 44.1 Å². The highest BCUT2D eigenvalue weighted by Crippen LogP contribution is 2.15. The molecule has 0 radical (unpaired) electrons. The number of carbonyl (C=O) groups is 1. The summed E-state index contributed by atoms with van der Waals surface area (Å²) in [6, 6.07) is 4.00. The topological polar surface area (TPSA) is 79.1 Å². The van der Waals surface area contributed by atoms with Gasteiger partial charge in [-0.15, -0.1) is 24.0 Å². The molecular formula is C19H33IN4O3. The Morgan fingerprint density at radius 1 is 1.44 bits per heavy atom. The molecule has 1 fully saturated rings. The van der Waals surface area contributed by atoms with Crippen molar-refractivity contribution in [3.63, 3.8) is 0 Å². The standard InChI is InChI=1S/C19H32N4O3.HI/c1-5-20-17(21-11-10-16-9-7-13-25-16)22-15-8-6-12-23(14-15)18(24)26-19(2,3)4;/h7,9,13,15H,5-6,8,10-12,14H2,1-4H3,(H2,20,21,22);1H. The first-order valence-corrected chi connectivity index (χ1v) is 9.42. The van der Waals surface area contributed by atoms with Gasteiger partial charge < -0.3 is 24.7 Å². The molecule has 0 bridgehead atoms. The van der Waals surface area contributed by atoms with Gasteiger partial charge in [0.1, 0.15) is 11.4 Å². The summed E-state index contributed by atoms with van der Waals surface area (Å²) in [7, 11) is 0. The van der Waals surface area contributed by atoms with Gasteiger partial charge in [0.25, 0.3) is 0 Å². The molecule has 0 saturated carbocycles. The molecule has 0 spiro atoms. The van der Waals surface area contributed by atoms with Gasteiger partial charge >= 0.3 is 6.09 Å². The molecule has 1 aromatic heterocycles. The highest BCUT2D eigenvalue weighted by Gasteiger charge is 2.27. The summed E-state index contributed by atoms with van der Waals surface area (Å²) >= 11 is 0. The Hall–Kier alpha value is -1.45. The second-order valence-corrected chi connectivity index (χ2v) is 7.50. The Balaban J connectivity index is 0.00000364. The number of piperidine rings is 1. The predicted molar refractivity (Wildman–Crippen MR) is 118 cm³/mol. The largest absolute Gasteiger partial charge is 0.469 e. The highest BCUT2D eigenvalue weighted by molar-refractivity contribution is 14.0. The van der Waals surface area contributed by atoms with Gasteiger partial charge in [0.2, 0.25) is 0 Å². The van der Waals surface area contributed by atoms with Gasteiger partial charge in [0, 0.05) is 38.6 Å². The third-order valence-electron chi connectivity index (χ3n) is 3.97. The van der Waals surface area contributed by atoms with E-state index in [2.05, 4.69) is 15.6 Å². The van der Waals surface area contributed by atoms with E-state index in [1.165, 1.54) is 0 Å². The minimum Gasteiger partial charge on any atom is -0.469 e. The van der Waals surface area contributed by atoms with E-state index in [1.54, 1.807) is 11.2 Å². The molecule has 8 heteroatoms. The summed E-state index contributed by atoms with van der Waals surface area (Å²) in [6.45, 7) is 10.5. The molecule has 2 rings (SSSR count). The van der Waals surface area contributed by atoms with Crippen LogP contribution < -0.4 is 10.6 Å². The average Bonchev–Trinajstić information content (AvgIpc) is 3.07. The fourth-order valence-corrected chi connectivity index (χ4v) is 2.83. The van der Waals surface area contributed by atoms with Crippen molar-refractivity contribution in [3.05, 3.63) is 24.2 Å². The fraction of sp³-hybridized carbons (Fsp3) is 0.684. The minimum absolute atomic E-state index is 0. The van der Waals surface area contributed by atoms with Crippen LogP contribution in [0.5, 0.6) is 0 Å². The molecule has 2 heterocycles. The zero-order chi connectivity index (χ0) is 19.0. The molecule has 0 aromatic carbocycles. The first kappa shape index (κ1) is 23.6. The van der Waals surface area contributed by atoms with E-state index in [-0.39, 0.29) is 36.1 Å². The number of amides is 1. The number of aliphatic imine (C=N–C) groups is 1. The summed E-state index contributed by atoms with van der Waals surface area (Å²) in [5.74, 6) is 1.70. The number of rotatable bonds is 5. The second-order valence-electron chi connectivity index (χ2n) is 7.50. The molecule has 27 heavy (non-hydrogen) atoms. The van der Waals surface area contributed by atoms with Crippen LogP contribution in [-0.2, 0) is 11.2 Å². The Kier molecular flexibility index (Phi) is 9.97. The Bertz CT molecular complexity index is 584. The zero-order valence-corrected chi connectivity index (χ0v) is 19.1. The molecule has 2 N–H and O–H groups in total. The van der Waals surface area contributed by atoms with Crippen molar-refractivity contribution in [2.75, 3.05) is 26.2 Å². The number of likely N-dealkylation sites (tertiary alicyclic amines) is 1. The maximum absolute atomic E-state index is 12.3. The van der Waals surface area contributed by atoms with Crippen molar-refractivity contribution in [2.24, 2.45) is 4.99 Å². The minimum atomic E-state index is -0.473. The van der Waals surface area contributed by atoms with E-state index < -0.39 is 5.60 Å². The summed E-state index contributed by atoms with van der Waals surface area (Å²) in [6.07, 6.45) is 4.14. The van der Waals surface area contributed by atoms with Crippen LogP contribution in [-0.4, -0.2) is 54.8 Å². The van der Waals surface area contributed by atoms with Crippen molar-refractivity contribution in [1.29, 1.82) is 0 Å². The molecule has 1 amide bonds. The van der Waals surface area contributed by atoms with Gasteiger partial charge in [-0.25, -0.2) is 4.79 Å². The molecule has 1 unspecified atom stereocenters. The number of furan rings is 1. The fourth-order valence-electron chi connectivity index (χ4n) is 2.83. The number of hydrogen-bond acceptors (Lipinski definition) is 4. The molecule has 1 saturated heterocycles. The van der Waals surface area contributed by atoms with Crippen molar-refractivity contribution in [1.82, 2.24) is 15.5 Å². The normalized spacial score (nSPS) is 17.9. The molecule has 7 nitrogen and oxygen atoms in total. The predicted octanol–water partition coefficient (Wildman–Crippen LogP) is 3.39. The van der Waals surface area contributed by atoms with Crippen molar-refractivity contribution < 1.29 is 13.9 Å². The van der Waals surface area contributed by atoms with Crippen LogP contribution in [0.1, 0.15) is 46.3 Å². The lowest BCUT2D eigenvalue weighted by Crippen LogP contribution is -2.53. The molecule has 1 atom stereocenters. The summed E-state index contributed by atoms with van der Waals surface area (Å²) in [4.78, 5) is 18.7. The first-order valence-electron chi connectivity index (χ1n) is 9.42. The van der Waals surface area contributed by atoms with Crippen molar-refractivity contribution in [3.8, 4) is 0 Å². The van der Waals surface area contributed by atoms with Gasteiger partial charge in [-0.3, -0.25) is 4.99 Å². The molecule has 1 aliphatic rings. The van der Waals surface area contributed by atoms with Gasteiger partial charge in [-0.05, 0) is 52.7 Å². The van der Waals surface area contributed by atoms with Crippen LogP contribution in [0.3, 0.4) is 0 Å². The van der Waals surface area contributed by atoms with Crippen molar-refractivity contribution >= 4 is 36.0 Å². The molecule has 154 valence electrons.